The summed E-state index contributed by atoms with van der Waals surface area (Å²) in [4.78, 5) is 12.4. The van der Waals surface area contributed by atoms with Gasteiger partial charge in [0.15, 0.2) is 0 Å². The van der Waals surface area contributed by atoms with E-state index in [1.165, 1.54) is 161 Å². The van der Waals surface area contributed by atoms with Crippen molar-refractivity contribution in [3.63, 3.8) is 0 Å². The van der Waals surface area contributed by atoms with E-state index in [2.05, 4.69) is 31.3 Å². The molecular formula is C42H81NO4. The van der Waals surface area contributed by atoms with Crippen LogP contribution >= 0.6 is 0 Å². The van der Waals surface area contributed by atoms with Gasteiger partial charge in [0.25, 0.3) is 0 Å². The van der Waals surface area contributed by atoms with Crippen LogP contribution in [0.25, 0.3) is 0 Å². The highest BCUT2D eigenvalue weighted by Gasteiger charge is 2.22. The van der Waals surface area contributed by atoms with Crippen LogP contribution in [0.1, 0.15) is 213 Å². The van der Waals surface area contributed by atoms with Crippen LogP contribution in [0.4, 0.5) is 0 Å². The van der Waals surface area contributed by atoms with Gasteiger partial charge < -0.3 is 20.6 Å². The Morgan fingerprint density at radius 1 is 0.511 bits per heavy atom. The van der Waals surface area contributed by atoms with Crippen molar-refractivity contribution in [2.45, 2.75) is 231 Å². The number of hydrogen-bond donors (Lipinski definition) is 4. The second-order valence-electron chi connectivity index (χ2n) is 14.2. The van der Waals surface area contributed by atoms with Gasteiger partial charge in [0.05, 0.1) is 18.8 Å². The van der Waals surface area contributed by atoms with Gasteiger partial charge in [-0.25, -0.2) is 0 Å². The smallest absolute Gasteiger partial charge is 0.249 e. The molecule has 278 valence electrons. The summed E-state index contributed by atoms with van der Waals surface area (Å²) < 4.78 is 0. The second kappa shape index (κ2) is 37.6. The quantitative estimate of drug-likeness (QED) is 0.0393. The fourth-order valence-corrected chi connectivity index (χ4v) is 6.24. The lowest BCUT2D eigenvalue weighted by Crippen LogP contribution is -2.48. The molecule has 5 nitrogen and oxygen atoms in total. The van der Waals surface area contributed by atoms with E-state index in [9.17, 15) is 20.1 Å². The van der Waals surface area contributed by atoms with E-state index in [4.69, 9.17) is 0 Å². The first kappa shape index (κ1) is 45.8. The van der Waals surface area contributed by atoms with Crippen molar-refractivity contribution in [3.05, 3.63) is 24.3 Å². The summed E-state index contributed by atoms with van der Waals surface area (Å²) in [7, 11) is 0. The Labute approximate surface area is 292 Å². The molecule has 0 saturated heterocycles. The molecule has 5 heteroatoms. The number of hydrogen-bond acceptors (Lipinski definition) is 4. The lowest BCUT2D eigenvalue weighted by molar-refractivity contribution is -0.131. The van der Waals surface area contributed by atoms with Crippen LogP contribution in [0.15, 0.2) is 24.3 Å². The predicted octanol–water partition coefficient (Wildman–Crippen LogP) is 11.4. The lowest BCUT2D eigenvalue weighted by Gasteiger charge is -2.21. The number of nitrogens with one attached hydrogen (secondary N) is 1. The van der Waals surface area contributed by atoms with E-state index >= 15 is 0 Å². The van der Waals surface area contributed by atoms with Crippen LogP contribution < -0.4 is 5.32 Å². The van der Waals surface area contributed by atoms with Crippen LogP contribution in [-0.4, -0.2) is 46.1 Å². The van der Waals surface area contributed by atoms with E-state index in [1.807, 2.05) is 6.08 Å². The topological polar surface area (TPSA) is 89.8 Å². The molecule has 3 atom stereocenters. The molecule has 1 amide bonds. The summed E-state index contributed by atoms with van der Waals surface area (Å²) >= 11 is 0. The molecule has 47 heavy (non-hydrogen) atoms. The maximum absolute atomic E-state index is 12.4. The average molecular weight is 664 g/mol. The highest BCUT2D eigenvalue weighted by Crippen LogP contribution is 2.15. The molecule has 0 aromatic carbocycles. The van der Waals surface area contributed by atoms with E-state index in [0.717, 1.165) is 32.1 Å². The van der Waals surface area contributed by atoms with Crippen molar-refractivity contribution in [2.24, 2.45) is 0 Å². The van der Waals surface area contributed by atoms with Crippen LogP contribution in [0, 0.1) is 0 Å². The number of carbonyl (C=O) groups excluding carboxylic acids is 1. The van der Waals surface area contributed by atoms with Gasteiger partial charge in [-0.1, -0.05) is 192 Å². The number of aliphatic hydroxyl groups excluding tert-OH is 3. The van der Waals surface area contributed by atoms with Crippen molar-refractivity contribution in [2.75, 3.05) is 6.61 Å². The molecule has 0 aromatic heterocycles. The first-order valence-electron chi connectivity index (χ1n) is 20.7. The minimum absolute atomic E-state index is 0.362. The van der Waals surface area contributed by atoms with Gasteiger partial charge in [0.2, 0.25) is 5.91 Å². The van der Waals surface area contributed by atoms with E-state index in [1.54, 1.807) is 6.08 Å². The standard InChI is InChI=1S/C42H81NO4/c1-3-5-7-9-11-13-15-17-18-19-20-21-22-23-25-27-29-31-33-35-37-41(46)42(47)43-39(38-44)40(45)36-34-32-30-28-26-24-16-14-12-10-8-6-4-2/h17-18,34,36,39-41,44-46H,3-16,19-33,35,37-38H2,1-2H3,(H,43,47). The molecule has 3 unspecified atom stereocenters. The van der Waals surface area contributed by atoms with Crippen LogP contribution in [0.5, 0.6) is 0 Å². The van der Waals surface area contributed by atoms with Crippen LogP contribution in [-0.2, 0) is 4.79 Å². The number of allylic oxidation sites excluding steroid dienone is 3. The summed E-state index contributed by atoms with van der Waals surface area (Å²) in [6, 6.07) is -0.794. The summed E-state index contributed by atoms with van der Waals surface area (Å²) in [5.41, 5.74) is 0. The predicted molar refractivity (Wildman–Crippen MR) is 204 cm³/mol. The van der Waals surface area contributed by atoms with Crippen LogP contribution in [0.2, 0.25) is 0 Å². The second-order valence-corrected chi connectivity index (χ2v) is 14.2. The van der Waals surface area contributed by atoms with Gasteiger partial charge >= 0.3 is 0 Å². The van der Waals surface area contributed by atoms with E-state index in [-0.39, 0.29) is 6.61 Å². The molecule has 0 aliphatic rings. The molecular weight excluding hydrogens is 582 g/mol. The van der Waals surface area contributed by atoms with E-state index in [0.29, 0.717) is 6.42 Å². The molecule has 0 saturated carbocycles. The molecule has 0 aromatic rings. The number of aliphatic hydroxyl groups is 3. The molecule has 0 rings (SSSR count). The maximum atomic E-state index is 12.4. The zero-order valence-corrected chi connectivity index (χ0v) is 31.4. The fourth-order valence-electron chi connectivity index (χ4n) is 6.24. The molecule has 0 radical (unpaired) electrons. The maximum Gasteiger partial charge on any atom is 0.249 e. The van der Waals surface area contributed by atoms with Crippen molar-refractivity contribution >= 4 is 5.91 Å². The monoisotopic (exact) mass is 664 g/mol. The molecule has 4 N–H and O–H groups in total. The highest BCUT2D eigenvalue weighted by atomic mass is 16.3. The third kappa shape index (κ3) is 33.1. The van der Waals surface area contributed by atoms with Gasteiger partial charge in [-0.05, 0) is 44.9 Å². The summed E-state index contributed by atoms with van der Waals surface area (Å²) in [6.07, 6.45) is 44.8. The Hall–Kier alpha value is -1.17. The number of unbranched alkanes of at least 4 members (excludes halogenated alkanes) is 27. The largest absolute Gasteiger partial charge is 0.394 e. The number of amides is 1. The van der Waals surface area contributed by atoms with Crippen LogP contribution in [0.3, 0.4) is 0 Å². The SMILES string of the molecule is CCCCCCCCC=CCCCCCCCCCCCCC(O)C(=O)NC(CO)C(O)C=CCCCCCCCCCCCCC. The zero-order valence-electron chi connectivity index (χ0n) is 31.4. The Morgan fingerprint density at radius 2 is 0.851 bits per heavy atom. The summed E-state index contributed by atoms with van der Waals surface area (Å²) in [5, 5.41) is 33.0. The molecule has 0 bridgehead atoms. The van der Waals surface area contributed by atoms with Crippen molar-refractivity contribution in [1.29, 1.82) is 0 Å². The Bertz CT molecular complexity index is 694. The van der Waals surface area contributed by atoms with Gasteiger partial charge in [-0.15, -0.1) is 0 Å². The molecule has 0 heterocycles. The van der Waals surface area contributed by atoms with E-state index < -0.39 is 24.2 Å². The van der Waals surface area contributed by atoms with Gasteiger partial charge in [-0.3, -0.25) is 4.79 Å². The third-order valence-corrected chi connectivity index (χ3v) is 9.54. The number of rotatable bonds is 37. The average Bonchev–Trinajstić information content (AvgIpc) is 3.07. The Morgan fingerprint density at radius 3 is 1.23 bits per heavy atom. The third-order valence-electron chi connectivity index (χ3n) is 9.54. The first-order chi connectivity index (χ1) is 23.1. The minimum Gasteiger partial charge on any atom is -0.394 e. The number of carbonyl (C=O) groups is 1. The minimum atomic E-state index is -1.10. The molecule has 0 aliphatic carbocycles. The zero-order chi connectivity index (χ0) is 34.5. The Balaban J connectivity index is 3.67. The fraction of sp³-hybridized carbons (Fsp3) is 0.881. The van der Waals surface area contributed by atoms with Gasteiger partial charge in [0, 0.05) is 0 Å². The summed E-state index contributed by atoms with van der Waals surface area (Å²) in [5.74, 6) is -0.504. The van der Waals surface area contributed by atoms with Crippen molar-refractivity contribution in [3.8, 4) is 0 Å². The molecule has 0 fully saturated rings. The molecule has 0 aliphatic heterocycles. The lowest BCUT2D eigenvalue weighted by atomic mass is 10.0. The first-order valence-corrected chi connectivity index (χ1v) is 20.7. The highest BCUT2D eigenvalue weighted by molar-refractivity contribution is 5.80. The van der Waals surface area contributed by atoms with Gasteiger partial charge in [0.1, 0.15) is 6.10 Å². The Kier molecular flexibility index (Phi) is 36.7. The van der Waals surface area contributed by atoms with Gasteiger partial charge in [-0.2, -0.15) is 0 Å². The van der Waals surface area contributed by atoms with Crippen molar-refractivity contribution < 1.29 is 20.1 Å². The normalized spacial score (nSPS) is 13.9. The summed E-state index contributed by atoms with van der Waals surface area (Å²) in [6.45, 7) is 4.17. The molecule has 0 spiro atoms. The van der Waals surface area contributed by atoms with Crippen molar-refractivity contribution in [1.82, 2.24) is 5.32 Å².